The minimum absolute atomic E-state index is 0.312. The number of nitrogens with zero attached hydrogens (tertiary/aromatic N) is 1. The maximum Gasteiger partial charge on any atom is 0.574 e. The predicted octanol–water partition coefficient (Wildman–Crippen LogP) is 3.23. The standard InChI is InChI=1S/C9H4F6INO3/c10-8(11,12)6-3(2-5(18)19)1-4(17-7(6)16)20-9(13,14)15/h1H,2H2,(H,18,19). The summed E-state index contributed by atoms with van der Waals surface area (Å²) < 4.78 is 76.8. The number of carboxylic acid groups (broad SMARTS) is 1. The molecule has 0 radical (unpaired) electrons. The van der Waals surface area contributed by atoms with Crippen molar-refractivity contribution in [1.82, 2.24) is 4.98 Å². The lowest BCUT2D eigenvalue weighted by Gasteiger charge is -2.15. The number of carboxylic acids is 1. The SMILES string of the molecule is O=C(O)Cc1cc(OC(F)(F)F)nc(I)c1C(F)(F)F. The van der Waals surface area contributed by atoms with Gasteiger partial charge in [0.25, 0.3) is 0 Å². The first-order chi connectivity index (χ1) is 8.90. The Morgan fingerprint density at radius 3 is 2.25 bits per heavy atom. The summed E-state index contributed by atoms with van der Waals surface area (Å²) in [6.45, 7) is 0. The molecule has 4 nitrogen and oxygen atoms in total. The molecule has 0 unspecified atom stereocenters. The van der Waals surface area contributed by atoms with Gasteiger partial charge in [0.2, 0.25) is 5.88 Å². The second-order valence-electron chi connectivity index (χ2n) is 3.40. The molecule has 1 N–H and O–H groups in total. The van der Waals surface area contributed by atoms with Gasteiger partial charge in [-0.05, 0) is 28.2 Å². The highest BCUT2D eigenvalue weighted by molar-refractivity contribution is 14.1. The van der Waals surface area contributed by atoms with Crippen molar-refractivity contribution in [2.75, 3.05) is 0 Å². The van der Waals surface area contributed by atoms with E-state index in [2.05, 4.69) is 9.72 Å². The number of rotatable bonds is 3. The van der Waals surface area contributed by atoms with Crippen LogP contribution >= 0.6 is 22.6 Å². The lowest BCUT2D eigenvalue weighted by atomic mass is 10.1. The summed E-state index contributed by atoms with van der Waals surface area (Å²) in [4.78, 5) is 13.5. The van der Waals surface area contributed by atoms with E-state index >= 15 is 0 Å². The zero-order valence-electron chi connectivity index (χ0n) is 9.14. The van der Waals surface area contributed by atoms with Crippen LogP contribution in [-0.2, 0) is 17.4 Å². The van der Waals surface area contributed by atoms with Crippen molar-refractivity contribution in [1.29, 1.82) is 0 Å². The normalized spacial score (nSPS) is 12.3. The van der Waals surface area contributed by atoms with Crippen LogP contribution in [0.2, 0.25) is 0 Å². The van der Waals surface area contributed by atoms with E-state index in [1.54, 1.807) is 0 Å². The highest BCUT2D eigenvalue weighted by atomic mass is 127. The molecule has 1 aromatic rings. The molecule has 112 valence electrons. The van der Waals surface area contributed by atoms with Gasteiger partial charge in [0, 0.05) is 6.07 Å². The largest absolute Gasteiger partial charge is 0.574 e. The number of hydrogen-bond acceptors (Lipinski definition) is 3. The third-order valence-corrected chi connectivity index (χ3v) is 2.66. The van der Waals surface area contributed by atoms with Crippen molar-refractivity contribution < 1.29 is 41.0 Å². The fraction of sp³-hybridized carbons (Fsp3) is 0.333. The molecule has 0 spiro atoms. The molecule has 0 atom stereocenters. The number of ether oxygens (including phenoxy) is 1. The highest BCUT2D eigenvalue weighted by Gasteiger charge is 2.39. The fourth-order valence-corrected chi connectivity index (χ4v) is 2.20. The first kappa shape index (κ1) is 16.8. The number of pyridine rings is 1. The average Bonchev–Trinajstić information content (AvgIpc) is 2.08. The maximum absolute atomic E-state index is 12.7. The van der Waals surface area contributed by atoms with Crippen LogP contribution in [0.5, 0.6) is 5.88 Å². The molecule has 0 aliphatic heterocycles. The van der Waals surface area contributed by atoms with Gasteiger partial charge in [-0.15, -0.1) is 13.2 Å². The van der Waals surface area contributed by atoms with Crippen LogP contribution < -0.4 is 4.74 Å². The van der Waals surface area contributed by atoms with Gasteiger partial charge < -0.3 is 9.84 Å². The second-order valence-corrected chi connectivity index (χ2v) is 4.42. The molecule has 20 heavy (non-hydrogen) atoms. The topological polar surface area (TPSA) is 59.4 Å². The van der Waals surface area contributed by atoms with E-state index in [9.17, 15) is 31.1 Å². The quantitative estimate of drug-likeness (QED) is 0.468. The number of carbonyl (C=O) groups is 1. The molecule has 0 aliphatic rings. The Labute approximate surface area is 120 Å². The van der Waals surface area contributed by atoms with Crippen molar-refractivity contribution in [3.8, 4) is 5.88 Å². The van der Waals surface area contributed by atoms with Gasteiger partial charge in [-0.25, -0.2) is 4.98 Å². The van der Waals surface area contributed by atoms with Gasteiger partial charge in [0.15, 0.2) is 0 Å². The second kappa shape index (κ2) is 5.61. The van der Waals surface area contributed by atoms with Crippen LogP contribution in [0.1, 0.15) is 11.1 Å². The molecule has 0 saturated carbocycles. The van der Waals surface area contributed by atoms with E-state index in [0.29, 0.717) is 6.07 Å². The third kappa shape index (κ3) is 4.68. The van der Waals surface area contributed by atoms with E-state index in [0.717, 1.165) is 22.6 Å². The molecule has 0 amide bonds. The van der Waals surface area contributed by atoms with E-state index < -0.39 is 45.6 Å². The van der Waals surface area contributed by atoms with Crippen LogP contribution in [0.3, 0.4) is 0 Å². The Morgan fingerprint density at radius 2 is 1.85 bits per heavy atom. The summed E-state index contributed by atoms with van der Waals surface area (Å²) in [5, 5.41) is 8.52. The van der Waals surface area contributed by atoms with Gasteiger partial charge in [-0.2, -0.15) is 13.2 Å². The zero-order valence-corrected chi connectivity index (χ0v) is 11.3. The molecular weight excluding hydrogens is 411 g/mol. The van der Waals surface area contributed by atoms with Crippen LogP contribution in [0.4, 0.5) is 26.3 Å². The van der Waals surface area contributed by atoms with Crippen LogP contribution in [0.15, 0.2) is 6.07 Å². The Balaban J connectivity index is 3.37. The Kier molecular flexibility index (Phi) is 4.71. The minimum Gasteiger partial charge on any atom is -0.481 e. The lowest BCUT2D eigenvalue weighted by Crippen LogP contribution is -2.21. The van der Waals surface area contributed by atoms with E-state index in [1.807, 2.05) is 0 Å². The number of alkyl halides is 6. The van der Waals surface area contributed by atoms with Crippen LogP contribution in [0, 0.1) is 3.70 Å². The van der Waals surface area contributed by atoms with Crippen molar-refractivity contribution >= 4 is 28.6 Å². The van der Waals surface area contributed by atoms with Gasteiger partial charge in [0.1, 0.15) is 3.70 Å². The first-order valence-corrected chi connectivity index (χ1v) is 5.72. The summed E-state index contributed by atoms with van der Waals surface area (Å²) in [6, 6.07) is 0.312. The van der Waals surface area contributed by atoms with E-state index in [-0.39, 0.29) is 0 Å². The molecule has 0 saturated heterocycles. The molecule has 0 aliphatic carbocycles. The van der Waals surface area contributed by atoms with Crippen molar-refractivity contribution in [3.63, 3.8) is 0 Å². The Bertz CT molecular complexity index is 528. The fourth-order valence-electron chi connectivity index (χ4n) is 1.31. The molecule has 0 bridgehead atoms. The average molecular weight is 415 g/mol. The number of halogens is 7. The van der Waals surface area contributed by atoms with Crippen LogP contribution in [-0.4, -0.2) is 22.4 Å². The summed E-state index contributed by atoms with van der Waals surface area (Å²) in [5.41, 5.74) is -2.25. The van der Waals surface area contributed by atoms with Crippen molar-refractivity contribution in [2.45, 2.75) is 19.0 Å². The Hall–Kier alpha value is -1.27. The highest BCUT2D eigenvalue weighted by Crippen LogP contribution is 2.37. The number of hydrogen-bond donors (Lipinski definition) is 1. The predicted molar refractivity (Wildman–Crippen MR) is 60.0 cm³/mol. The first-order valence-electron chi connectivity index (χ1n) is 4.64. The third-order valence-electron chi connectivity index (χ3n) is 1.88. The minimum atomic E-state index is -5.14. The summed E-state index contributed by atoms with van der Waals surface area (Å²) in [5.74, 6) is -2.78. The summed E-state index contributed by atoms with van der Waals surface area (Å²) in [7, 11) is 0. The molecule has 0 aromatic carbocycles. The molecule has 1 aromatic heterocycles. The van der Waals surface area contributed by atoms with Crippen LogP contribution in [0.25, 0.3) is 0 Å². The van der Waals surface area contributed by atoms with Gasteiger partial charge in [-0.3, -0.25) is 4.79 Å². The van der Waals surface area contributed by atoms with Gasteiger partial charge in [-0.1, -0.05) is 0 Å². The molecule has 1 rings (SSSR count). The monoisotopic (exact) mass is 415 g/mol. The molecule has 1 heterocycles. The summed E-state index contributed by atoms with van der Waals surface area (Å²) in [6.07, 6.45) is -11.2. The van der Waals surface area contributed by atoms with Gasteiger partial charge in [0.05, 0.1) is 12.0 Å². The lowest BCUT2D eigenvalue weighted by molar-refractivity contribution is -0.276. The van der Waals surface area contributed by atoms with Crippen molar-refractivity contribution in [3.05, 3.63) is 20.9 Å². The Morgan fingerprint density at radius 1 is 1.30 bits per heavy atom. The van der Waals surface area contributed by atoms with E-state index in [1.165, 1.54) is 0 Å². The van der Waals surface area contributed by atoms with Gasteiger partial charge >= 0.3 is 18.5 Å². The number of aliphatic carboxylic acids is 1. The summed E-state index contributed by atoms with van der Waals surface area (Å²) >= 11 is 1.06. The maximum atomic E-state index is 12.7. The van der Waals surface area contributed by atoms with Crippen molar-refractivity contribution in [2.24, 2.45) is 0 Å². The molecule has 11 heteroatoms. The number of aromatic nitrogens is 1. The molecular formula is C9H4F6INO3. The molecule has 0 fully saturated rings. The van der Waals surface area contributed by atoms with E-state index in [4.69, 9.17) is 5.11 Å². The zero-order chi connectivity index (χ0) is 15.7. The smallest absolute Gasteiger partial charge is 0.481 e.